The van der Waals surface area contributed by atoms with Crippen molar-refractivity contribution < 1.29 is 19.8 Å². The summed E-state index contributed by atoms with van der Waals surface area (Å²) in [5.41, 5.74) is 0. The zero-order valence-corrected chi connectivity index (χ0v) is 30.1. The molecule has 0 aromatic rings. The molecule has 0 radical (unpaired) electrons. The molecule has 0 aromatic carbocycles. The number of rotatable bonds is 32. The normalized spacial score (nSPS) is 10.3. The second-order valence-corrected chi connectivity index (χ2v) is 12.1. The molecule has 0 aliphatic heterocycles. The number of carboxylic acids is 2. The maximum absolute atomic E-state index is 10.2. The number of carbonyl (C=O) groups excluding carboxylic acids is 2. The Labute approximate surface area is 279 Å². The monoisotopic (exact) mass is 608 g/mol. The SMILES string of the molecule is CCCCCCCCCCCCCCCCCC(=O)[O-].CCCCCCCCCCCCCCCCCC(=O)[O-].N.[Mg+2]. The van der Waals surface area contributed by atoms with Gasteiger partial charge in [-0.25, -0.2) is 0 Å². The Balaban J connectivity index is -0.000000328. The van der Waals surface area contributed by atoms with Crippen LogP contribution in [0.4, 0.5) is 0 Å². The van der Waals surface area contributed by atoms with E-state index in [0.29, 0.717) is 0 Å². The van der Waals surface area contributed by atoms with Gasteiger partial charge in [0.1, 0.15) is 0 Å². The number of aliphatic carboxylic acids is 2. The molecule has 5 nitrogen and oxygen atoms in total. The third-order valence-electron chi connectivity index (χ3n) is 7.97. The van der Waals surface area contributed by atoms with Crippen LogP contribution in [0.3, 0.4) is 0 Å². The Morgan fingerprint density at radius 2 is 0.476 bits per heavy atom. The molecule has 0 aromatic heterocycles. The van der Waals surface area contributed by atoms with Gasteiger partial charge in [-0.15, -0.1) is 0 Å². The van der Waals surface area contributed by atoms with Crippen molar-refractivity contribution in [3.05, 3.63) is 0 Å². The van der Waals surface area contributed by atoms with Crippen LogP contribution in [-0.4, -0.2) is 35.0 Å². The third-order valence-corrected chi connectivity index (χ3v) is 7.97. The van der Waals surface area contributed by atoms with Crippen molar-refractivity contribution in [1.82, 2.24) is 6.15 Å². The average molecular weight is 608 g/mol. The Bertz CT molecular complexity index is 461. The van der Waals surface area contributed by atoms with Crippen molar-refractivity contribution in [3.63, 3.8) is 0 Å². The molecular weight excluding hydrogens is 535 g/mol. The molecule has 0 rings (SSSR count). The Morgan fingerprint density at radius 3 is 0.619 bits per heavy atom. The molecule has 0 saturated carbocycles. The molecule has 42 heavy (non-hydrogen) atoms. The molecule has 3 N–H and O–H groups in total. The van der Waals surface area contributed by atoms with Gasteiger partial charge in [-0.3, -0.25) is 0 Å². The first kappa shape index (κ1) is 48.6. The van der Waals surface area contributed by atoms with Crippen molar-refractivity contribution in [2.45, 2.75) is 219 Å². The van der Waals surface area contributed by atoms with Gasteiger partial charge in [0, 0.05) is 11.9 Å². The zero-order chi connectivity index (χ0) is 29.8. The zero-order valence-electron chi connectivity index (χ0n) is 28.7. The molecule has 0 aliphatic rings. The molecule has 248 valence electrons. The van der Waals surface area contributed by atoms with E-state index in [2.05, 4.69) is 13.8 Å². The van der Waals surface area contributed by atoms with E-state index in [1.54, 1.807) is 0 Å². The van der Waals surface area contributed by atoms with Gasteiger partial charge >= 0.3 is 23.1 Å². The quantitative estimate of drug-likeness (QED) is 0.0603. The van der Waals surface area contributed by atoms with Crippen LogP contribution in [0.15, 0.2) is 0 Å². The molecule has 0 aliphatic carbocycles. The fourth-order valence-electron chi connectivity index (χ4n) is 5.28. The number of hydrogen-bond acceptors (Lipinski definition) is 5. The van der Waals surface area contributed by atoms with Gasteiger partial charge in [0.05, 0.1) is 0 Å². The van der Waals surface area contributed by atoms with Gasteiger partial charge in [0.25, 0.3) is 0 Å². The summed E-state index contributed by atoms with van der Waals surface area (Å²) in [6.07, 6.45) is 39.7. The minimum atomic E-state index is -0.903. The van der Waals surface area contributed by atoms with Crippen LogP contribution in [0.5, 0.6) is 0 Å². The van der Waals surface area contributed by atoms with E-state index in [-0.39, 0.29) is 42.0 Å². The molecule has 6 heteroatoms. The predicted octanol–water partition coefficient (Wildman–Crippen LogP) is 9.78. The molecule has 0 fully saturated rings. The summed E-state index contributed by atoms with van der Waals surface area (Å²) in [4.78, 5) is 20.4. The van der Waals surface area contributed by atoms with E-state index in [9.17, 15) is 19.8 Å². The van der Waals surface area contributed by atoms with Crippen molar-refractivity contribution in [2.24, 2.45) is 0 Å². The second-order valence-electron chi connectivity index (χ2n) is 12.1. The van der Waals surface area contributed by atoms with E-state index < -0.39 is 11.9 Å². The van der Waals surface area contributed by atoms with Crippen LogP contribution >= 0.6 is 0 Å². The van der Waals surface area contributed by atoms with Gasteiger partial charge in [0.2, 0.25) is 0 Å². The smallest absolute Gasteiger partial charge is 0.550 e. The molecule has 0 spiro atoms. The maximum Gasteiger partial charge on any atom is 2.00 e. The Kier molecular flexibility index (Phi) is 52.2. The summed E-state index contributed by atoms with van der Waals surface area (Å²) in [5.74, 6) is -1.81. The number of hydrogen-bond donors (Lipinski definition) is 1. The maximum atomic E-state index is 10.2. The largest absolute Gasteiger partial charge is 2.00 e. The molecular formula is C36H73MgNO4. The van der Waals surface area contributed by atoms with Crippen molar-refractivity contribution >= 4 is 35.0 Å². The van der Waals surface area contributed by atoms with Crippen molar-refractivity contribution in [2.75, 3.05) is 0 Å². The van der Waals surface area contributed by atoms with Crippen LogP contribution in [0.2, 0.25) is 0 Å². The minimum absolute atomic E-state index is 0. The van der Waals surface area contributed by atoms with Crippen LogP contribution in [0.1, 0.15) is 219 Å². The fourth-order valence-corrected chi connectivity index (χ4v) is 5.28. The summed E-state index contributed by atoms with van der Waals surface area (Å²) < 4.78 is 0. The van der Waals surface area contributed by atoms with Crippen LogP contribution in [-0.2, 0) is 9.59 Å². The first-order chi connectivity index (χ1) is 19.5. The van der Waals surface area contributed by atoms with E-state index in [1.807, 2.05) is 0 Å². The standard InChI is InChI=1S/2C18H36O2.Mg.H3N/c2*1-2-3-4-5-6-7-8-9-10-11-12-13-14-15-16-17-18(19)20;;/h2*2-17H2,1H3,(H,19,20);;1H3/q;;+2;/p-2. The van der Waals surface area contributed by atoms with Gasteiger partial charge in [0.15, 0.2) is 0 Å². The van der Waals surface area contributed by atoms with E-state index >= 15 is 0 Å². The molecule has 0 unspecified atom stereocenters. The number of carboxylic acid groups (broad SMARTS) is 2. The van der Waals surface area contributed by atoms with E-state index in [1.165, 1.54) is 167 Å². The molecule has 0 saturated heterocycles. The van der Waals surface area contributed by atoms with Crippen LogP contribution in [0, 0.1) is 0 Å². The predicted molar refractivity (Wildman–Crippen MR) is 180 cm³/mol. The summed E-state index contributed by atoms with van der Waals surface area (Å²) in [5, 5.41) is 20.4. The van der Waals surface area contributed by atoms with Gasteiger partial charge < -0.3 is 26.0 Å². The van der Waals surface area contributed by atoms with Gasteiger partial charge in [-0.05, 0) is 25.7 Å². The summed E-state index contributed by atoms with van der Waals surface area (Å²) in [6, 6.07) is 0. The Morgan fingerprint density at radius 1 is 0.333 bits per heavy atom. The van der Waals surface area contributed by atoms with Gasteiger partial charge in [-0.1, -0.05) is 194 Å². The second kappa shape index (κ2) is 45.1. The summed E-state index contributed by atoms with van der Waals surface area (Å²) in [6.45, 7) is 4.53. The van der Waals surface area contributed by atoms with Crippen LogP contribution < -0.4 is 16.4 Å². The topological polar surface area (TPSA) is 115 Å². The molecule has 0 atom stereocenters. The van der Waals surface area contributed by atoms with Gasteiger partial charge in [-0.2, -0.15) is 0 Å². The summed E-state index contributed by atoms with van der Waals surface area (Å²) >= 11 is 0. The number of carbonyl (C=O) groups is 2. The van der Waals surface area contributed by atoms with Crippen LogP contribution in [0.25, 0.3) is 0 Å². The number of unbranched alkanes of at least 4 members (excludes halogenated alkanes) is 28. The Hall–Kier alpha value is -0.334. The first-order valence-electron chi connectivity index (χ1n) is 17.9. The third kappa shape index (κ3) is 52.3. The molecule has 0 heterocycles. The minimum Gasteiger partial charge on any atom is -0.550 e. The fraction of sp³-hybridized carbons (Fsp3) is 0.944. The summed E-state index contributed by atoms with van der Waals surface area (Å²) in [7, 11) is 0. The van der Waals surface area contributed by atoms with Crippen molar-refractivity contribution in [1.29, 1.82) is 0 Å². The molecule has 0 bridgehead atoms. The van der Waals surface area contributed by atoms with Crippen molar-refractivity contribution in [3.8, 4) is 0 Å². The van der Waals surface area contributed by atoms with E-state index in [0.717, 1.165) is 25.7 Å². The first-order valence-corrected chi connectivity index (χ1v) is 17.9. The average Bonchev–Trinajstić information content (AvgIpc) is 2.93. The molecule has 0 amide bonds. The van der Waals surface area contributed by atoms with E-state index in [4.69, 9.17) is 0 Å².